The second kappa shape index (κ2) is 18.6. The van der Waals surface area contributed by atoms with E-state index >= 15 is 0 Å². The molecule has 4 aliphatic rings. The number of rotatable bonds is 5. The van der Waals surface area contributed by atoms with Gasteiger partial charge >= 0.3 is 11.4 Å². The maximum absolute atomic E-state index is 11.3. The smallest absolute Gasteiger partial charge is 0.310 e. The van der Waals surface area contributed by atoms with Gasteiger partial charge in [-0.1, -0.05) is 7.43 Å². The first-order chi connectivity index (χ1) is 20.9. The number of piperidine rings is 2. The van der Waals surface area contributed by atoms with E-state index in [0.717, 1.165) is 97.1 Å². The maximum atomic E-state index is 11.3. The highest BCUT2D eigenvalue weighted by Gasteiger charge is 2.25. The monoisotopic (exact) mass is 680 g/mol. The molecular weight excluding hydrogens is 636 g/mol. The van der Waals surface area contributed by atoms with E-state index in [1.807, 2.05) is 6.07 Å². The van der Waals surface area contributed by atoms with Crippen molar-refractivity contribution in [3.8, 4) is 0 Å². The van der Waals surface area contributed by atoms with E-state index in [2.05, 4.69) is 45.9 Å². The molecule has 6 rings (SSSR count). The molecule has 0 amide bonds. The van der Waals surface area contributed by atoms with Crippen LogP contribution < -0.4 is 20.0 Å². The molecule has 244 valence electrons. The summed E-state index contributed by atoms with van der Waals surface area (Å²) in [4.78, 5) is 35.9. The van der Waals surface area contributed by atoms with Crippen LogP contribution in [-0.2, 0) is 9.47 Å². The van der Waals surface area contributed by atoms with Gasteiger partial charge in [0.25, 0.3) is 0 Å². The molecule has 2 aromatic heterocycles. The average Bonchev–Trinajstić information content (AvgIpc) is 3.07. The van der Waals surface area contributed by atoms with E-state index in [-0.39, 0.29) is 28.6 Å². The molecule has 4 aliphatic heterocycles. The van der Waals surface area contributed by atoms with Crippen molar-refractivity contribution in [1.29, 1.82) is 0 Å². The summed E-state index contributed by atoms with van der Waals surface area (Å²) in [6.07, 6.45) is 9.48. The number of anilines is 3. The number of nitrogens with one attached hydrogen (secondary N) is 1. The minimum Gasteiger partial charge on any atom is -0.379 e. The molecule has 0 aromatic carbocycles. The fraction of sp³-hybridized carbons (Fsp3) is 0.655. The van der Waals surface area contributed by atoms with E-state index in [4.69, 9.17) is 9.47 Å². The zero-order valence-corrected chi connectivity index (χ0v) is 26.1. The molecule has 0 unspecified atom stereocenters. The number of halogens is 1. The Hall–Kier alpha value is -3.14. The molecule has 4 fully saturated rings. The summed E-state index contributed by atoms with van der Waals surface area (Å²) in [7, 11) is 0. The molecule has 0 radical (unpaired) electrons. The Labute approximate surface area is 267 Å². The first kappa shape index (κ1) is 35.3. The molecule has 4 saturated heterocycles. The molecule has 15 heteroatoms. The van der Waals surface area contributed by atoms with Gasteiger partial charge in [-0.05, 0) is 54.5 Å². The maximum Gasteiger partial charge on any atom is 0.310 e. The summed E-state index contributed by atoms with van der Waals surface area (Å²) >= 11 is 3.25. The Balaban J connectivity index is 0.000000203. The molecule has 0 atom stereocenters. The third-order valence-electron chi connectivity index (χ3n) is 7.64. The van der Waals surface area contributed by atoms with Crippen molar-refractivity contribution in [3.05, 3.63) is 49.4 Å². The van der Waals surface area contributed by atoms with Crippen molar-refractivity contribution in [3.63, 3.8) is 0 Å². The lowest BCUT2D eigenvalue weighted by molar-refractivity contribution is -0.384. The molecular formula is C29H45BrN8O6. The second-order valence-electron chi connectivity index (χ2n) is 10.6. The SMILES string of the molecule is C.C1COCCN1.O=[N+]([O-])c1cnc(Br)cc1N1CCCCC1.O=[N+]([O-])c1cnc(N2CCOCC2)cc1N1CCCCC1. The highest BCUT2D eigenvalue weighted by molar-refractivity contribution is 9.10. The number of morpholine rings is 2. The normalized spacial score (nSPS) is 18.5. The average molecular weight is 682 g/mol. The molecule has 0 saturated carbocycles. The Morgan fingerprint density at radius 3 is 1.61 bits per heavy atom. The number of hydrogen-bond acceptors (Lipinski definition) is 12. The minimum atomic E-state index is -0.372. The number of nitrogens with zero attached hydrogens (tertiary/aromatic N) is 7. The number of nitro groups is 2. The van der Waals surface area contributed by atoms with Crippen LogP contribution in [0, 0.1) is 20.2 Å². The van der Waals surface area contributed by atoms with Crippen LogP contribution >= 0.6 is 15.9 Å². The van der Waals surface area contributed by atoms with Crippen LogP contribution in [0.2, 0.25) is 0 Å². The quantitative estimate of drug-likeness (QED) is 0.262. The minimum absolute atomic E-state index is 0. The van der Waals surface area contributed by atoms with Crippen LogP contribution in [0.15, 0.2) is 29.1 Å². The fourth-order valence-electron chi connectivity index (χ4n) is 5.38. The molecule has 0 bridgehead atoms. The highest BCUT2D eigenvalue weighted by atomic mass is 79.9. The van der Waals surface area contributed by atoms with Gasteiger partial charge in [0.2, 0.25) is 0 Å². The van der Waals surface area contributed by atoms with Crippen molar-refractivity contribution in [2.75, 3.05) is 93.5 Å². The van der Waals surface area contributed by atoms with Gasteiger partial charge in [-0.2, -0.15) is 0 Å². The predicted molar refractivity (Wildman–Crippen MR) is 175 cm³/mol. The van der Waals surface area contributed by atoms with Crippen molar-refractivity contribution < 1.29 is 19.3 Å². The molecule has 0 spiro atoms. The lowest BCUT2D eigenvalue weighted by Gasteiger charge is -2.31. The third kappa shape index (κ3) is 10.5. The number of pyridine rings is 2. The van der Waals surface area contributed by atoms with E-state index in [9.17, 15) is 20.2 Å². The van der Waals surface area contributed by atoms with Gasteiger partial charge in [0.15, 0.2) is 0 Å². The van der Waals surface area contributed by atoms with Crippen LogP contribution in [0.3, 0.4) is 0 Å². The summed E-state index contributed by atoms with van der Waals surface area (Å²) in [6.45, 7) is 10.3. The summed E-state index contributed by atoms with van der Waals surface area (Å²) < 4.78 is 11.0. The topological polar surface area (TPSA) is 152 Å². The number of hydrogen-bond donors (Lipinski definition) is 1. The summed E-state index contributed by atoms with van der Waals surface area (Å²) in [5.74, 6) is 0.810. The Kier molecular flexibility index (Phi) is 15.0. The van der Waals surface area contributed by atoms with Gasteiger partial charge in [0, 0.05) is 64.5 Å². The standard InChI is InChI=1S/C14H20N4O3.C10H12BrN3O2.C4H9NO.CH4/c19-18(20)13-11-15-14(17-6-8-21-9-7-17)10-12(13)16-4-2-1-3-5-16;11-10-6-8(9(7-12-10)14(15)16)13-4-2-1-3-5-13;1-3-6-4-2-5-1;/h10-11H,1-9H2;6-7H,1-5H2;5H,1-4H2;1H4. The van der Waals surface area contributed by atoms with Crippen LogP contribution in [0.4, 0.5) is 28.6 Å². The van der Waals surface area contributed by atoms with Crippen LogP contribution in [0.1, 0.15) is 46.0 Å². The van der Waals surface area contributed by atoms with Crippen LogP contribution in [0.5, 0.6) is 0 Å². The van der Waals surface area contributed by atoms with E-state index < -0.39 is 0 Å². The molecule has 1 N–H and O–H groups in total. The van der Waals surface area contributed by atoms with Crippen LogP contribution in [0.25, 0.3) is 0 Å². The van der Waals surface area contributed by atoms with Gasteiger partial charge in [-0.3, -0.25) is 20.2 Å². The predicted octanol–water partition coefficient (Wildman–Crippen LogP) is 4.80. The number of aromatic nitrogens is 2. The first-order valence-corrected chi connectivity index (χ1v) is 15.8. The summed E-state index contributed by atoms with van der Waals surface area (Å²) in [5.41, 5.74) is 1.57. The lowest BCUT2D eigenvalue weighted by atomic mass is 10.1. The van der Waals surface area contributed by atoms with Gasteiger partial charge in [0.1, 0.15) is 34.2 Å². The molecule has 14 nitrogen and oxygen atoms in total. The van der Waals surface area contributed by atoms with E-state index in [1.54, 1.807) is 6.07 Å². The zero-order chi connectivity index (χ0) is 30.4. The molecule has 6 heterocycles. The van der Waals surface area contributed by atoms with Gasteiger partial charge in [0.05, 0.1) is 36.3 Å². The van der Waals surface area contributed by atoms with Crippen molar-refractivity contribution in [1.82, 2.24) is 15.3 Å². The highest BCUT2D eigenvalue weighted by Crippen LogP contribution is 2.33. The lowest BCUT2D eigenvalue weighted by Crippen LogP contribution is -2.37. The van der Waals surface area contributed by atoms with Gasteiger partial charge in [-0.15, -0.1) is 0 Å². The molecule has 2 aromatic rings. The molecule has 44 heavy (non-hydrogen) atoms. The summed E-state index contributed by atoms with van der Waals surface area (Å²) in [5, 5.41) is 25.3. The van der Waals surface area contributed by atoms with E-state index in [0.29, 0.717) is 29.2 Å². The zero-order valence-electron chi connectivity index (χ0n) is 24.5. The van der Waals surface area contributed by atoms with Crippen LogP contribution in [-0.4, -0.2) is 98.6 Å². The van der Waals surface area contributed by atoms with E-state index in [1.165, 1.54) is 25.2 Å². The Morgan fingerprint density at radius 1 is 0.682 bits per heavy atom. The van der Waals surface area contributed by atoms with Crippen molar-refractivity contribution in [2.24, 2.45) is 0 Å². The fourth-order valence-corrected chi connectivity index (χ4v) is 5.70. The van der Waals surface area contributed by atoms with Crippen molar-refractivity contribution in [2.45, 2.75) is 46.0 Å². The number of ether oxygens (including phenoxy) is 2. The summed E-state index contributed by atoms with van der Waals surface area (Å²) in [6, 6.07) is 3.60. The van der Waals surface area contributed by atoms with Crippen molar-refractivity contribution >= 4 is 44.5 Å². The Morgan fingerprint density at radius 2 is 1.16 bits per heavy atom. The molecule has 0 aliphatic carbocycles. The largest absolute Gasteiger partial charge is 0.379 e. The van der Waals surface area contributed by atoms with Gasteiger partial charge in [-0.25, -0.2) is 9.97 Å². The van der Waals surface area contributed by atoms with Gasteiger partial charge < -0.3 is 29.5 Å². The first-order valence-electron chi connectivity index (χ1n) is 15.0. The Bertz CT molecular complexity index is 1170. The third-order valence-corrected chi connectivity index (χ3v) is 8.08. The second-order valence-corrected chi connectivity index (χ2v) is 11.4.